The number of methoxy groups -OCH3 is 1. The number of rotatable bonds is 5. The molecule has 0 saturated carbocycles. The Balaban J connectivity index is 1.48. The highest BCUT2D eigenvalue weighted by atomic mass is 127. The highest BCUT2D eigenvalue weighted by molar-refractivity contribution is 14.1. The number of ether oxygens (including phenoxy) is 2. The van der Waals surface area contributed by atoms with Gasteiger partial charge in [0.15, 0.2) is 16.5 Å². The Hall–Kier alpha value is -2.91. The van der Waals surface area contributed by atoms with Gasteiger partial charge in [0.05, 0.1) is 22.7 Å². The SMILES string of the molecule is COc1cc(/C=c2\sc3nc4cc(C)c(C)cc4n3c2=O)ccc1OCc1ccc(I)cc1. The molecule has 0 fully saturated rings. The summed E-state index contributed by atoms with van der Waals surface area (Å²) < 4.78 is 15.0. The molecule has 0 radical (unpaired) electrons. The second-order valence-electron chi connectivity index (χ2n) is 7.90. The van der Waals surface area contributed by atoms with Crippen LogP contribution in [0.5, 0.6) is 11.5 Å². The van der Waals surface area contributed by atoms with Gasteiger partial charge in [-0.2, -0.15) is 0 Å². The number of fused-ring (bicyclic) bond motifs is 3. The van der Waals surface area contributed by atoms with Crippen molar-refractivity contribution in [3.63, 3.8) is 0 Å². The van der Waals surface area contributed by atoms with Gasteiger partial charge in [0.25, 0.3) is 5.56 Å². The second-order valence-corrected chi connectivity index (χ2v) is 10.2. The standard InChI is InChI=1S/C26H21IN2O3S/c1-15-10-20-21(11-16(15)2)29-25(30)24(33-26(29)28-20)13-18-6-9-22(23(12-18)31-3)32-14-17-4-7-19(27)8-5-17/h4-13H,14H2,1-3H3/b24-13-. The van der Waals surface area contributed by atoms with Crippen molar-refractivity contribution < 1.29 is 9.47 Å². The summed E-state index contributed by atoms with van der Waals surface area (Å²) in [7, 11) is 1.62. The predicted molar refractivity (Wildman–Crippen MR) is 142 cm³/mol. The van der Waals surface area contributed by atoms with E-state index >= 15 is 0 Å². The van der Waals surface area contributed by atoms with E-state index in [0.29, 0.717) is 27.6 Å². The van der Waals surface area contributed by atoms with Crippen molar-refractivity contribution in [1.82, 2.24) is 9.38 Å². The topological polar surface area (TPSA) is 52.8 Å². The van der Waals surface area contributed by atoms with Crippen molar-refractivity contribution in [3.05, 3.63) is 95.3 Å². The van der Waals surface area contributed by atoms with E-state index in [1.165, 1.54) is 20.5 Å². The highest BCUT2D eigenvalue weighted by Gasteiger charge is 2.13. The number of hydrogen-bond donors (Lipinski definition) is 0. The van der Waals surface area contributed by atoms with Gasteiger partial charge in [-0.25, -0.2) is 9.38 Å². The van der Waals surface area contributed by atoms with Crippen LogP contribution in [-0.4, -0.2) is 16.5 Å². The smallest absolute Gasteiger partial charge is 0.274 e. The molecule has 0 aliphatic rings. The Morgan fingerprint density at radius 3 is 2.55 bits per heavy atom. The van der Waals surface area contributed by atoms with Crippen molar-refractivity contribution in [1.29, 1.82) is 0 Å². The number of halogens is 1. The second kappa shape index (κ2) is 8.79. The van der Waals surface area contributed by atoms with E-state index in [-0.39, 0.29) is 5.56 Å². The third-order valence-electron chi connectivity index (χ3n) is 5.65. The molecule has 0 amide bonds. The molecule has 2 aromatic heterocycles. The predicted octanol–water partition coefficient (Wildman–Crippen LogP) is 5.27. The number of thiazole rings is 1. The summed E-state index contributed by atoms with van der Waals surface area (Å²) in [5.74, 6) is 1.29. The molecule has 2 heterocycles. The summed E-state index contributed by atoms with van der Waals surface area (Å²) in [6, 6.07) is 18.0. The molecule has 0 aliphatic heterocycles. The third kappa shape index (κ3) is 4.22. The molecule has 0 unspecified atom stereocenters. The van der Waals surface area contributed by atoms with Crippen LogP contribution in [0.4, 0.5) is 0 Å². The Morgan fingerprint density at radius 1 is 1.03 bits per heavy atom. The molecule has 5 nitrogen and oxygen atoms in total. The molecule has 3 aromatic carbocycles. The number of aryl methyl sites for hydroxylation is 2. The molecular weight excluding hydrogens is 547 g/mol. The summed E-state index contributed by atoms with van der Waals surface area (Å²) in [6.07, 6.45) is 1.87. The fourth-order valence-corrected chi connectivity index (χ4v) is 5.05. The van der Waals surface area contributed by atoms with E-state index in [1.54, 1.807) is 11.5 Å². The zero-order valence-corrected chi connectivity index (χ0v) is 21.4. The average Bonchev–Trinajstić information content (AvgIpc) is 3.29. The Labute approximate surface area is 208 Å². The lowest BCUT2D eigenvalue weighted by molar-refractivity contribution is 0.284. The van der Waals surface area contributed by atoms with Gasteiger partial charge < -0.3 is 9.47 Å². The van der Waals surface area contributed by atoms with Crippen LogP contribution in [0, 0.1) is 17.4 Å². The quantitative estimate of drug-likeness (QED) is 0.272. The Bertz CT molecular complexity index is 1600. The van der Waals surface area contributed by atoms with E-state index in [1.807, 2.05) is 55.5 Å². The lowest BCUT2D eigenvalue weighted by Gasteiger charge is -2.11. The van der Waals surface area contributed by atoms with Gasteiger partial charge in [-0.1, -0.05) is 29.5 Å². The lowest BCUT2D eigenvalue weighted by Crippen LogP contribution is -2.22. The molecule has 5 aromatic rings. The summed E-state index contributed by atoms with van der Waals surface area (Å²) in [5.41, 5.74) is 5.92. The summed E-state index contributed by atoms with van der Waals surface area (Å²) in [5, 5.41) is 0. The molecule has 33 heavy (non-hydrogen) atoms. The summed E-state index contributed by atoms with van der Waals surface area (Å²) >= 11 is 3.68. The van der Waals surface area contributed by atoms with E-state index < -0.39 is 0 Å². The fraction of sp³-hybridized carbons (Fsp3) is 0.154. The fourth-order valence-electron chi connectivity index (χ4n) is 3.70. The first kappa shape index (κ1) is 21.9. The molecule has 0 spiro atoms. The molecule has 0 N–H and O–H groups in total. The van der Waals surface area contributed by atoms with Crippen LogP contribution in [-0.2, 0) is 6.61 Å². The third-order valence-corrected chi connectivity index (χ3v) is 7.34. The number of aromatic nitrogens is 2. The van der Waals surface area contributed by atoms with Gasteiger partial charge in [-0.15, -0.1) is 0 Å². The average molecular weight is 568 g/mol. The van der Waals surface area contributed by atoms with E-state index in [0.717, 1.165) is 27.7 Å². The maximum Gasteiger partial charge on any atom is 0.274 e. The van der Waals surface area contributed by atoms with Crippen LogP contribution >= 0.6 is 33.9 Å². The van der Waals surface area contributed by atoms with Crippen LogP contribution in [0.2, 0.25) is 0 Å². The van der Waals surface area contributed by atoms with Gasteiger partial charge in [0.1, 0.15) is 6.61 Å². The van der Waals surface area contributed by atoms with Crippen molar-refractivity contribution in [2.75, 3.05) is 7.11 Å². The van der Waals surface area contributed by atoms with Crippen LogP contribution in [0.15, 0.2) is 59.4 Å². The lowest BCUT2D eigenvalue weighted by atomic mass is 10.1. The maximum absolute atomic E-state index is 13.2. The number of nitrogens with zero attached hydrogens (tertiary/aromatic N) is 2. The van der Waals surface area contributed by atoms with Crippen molar-refractivity contribution in [2.24, 2.45) is 0 Å². The zero-order chi connectivity index (χ0) is 23.1. The molecular formula is C26H21IN2O3S. The molecule has 0 bridgehead atoms. The molecule has 166 valence electrons. The number of imidazole rings is 1. The normalized spacial score (nSPS) is 12.1. The van der Waals surface area contributed by atoms with E-state index in [2.05, 4.69) is 46.6 Å². The van der Waals surface area contributed by atoms with Crippen molar-refractivity contribution in [2.45, 2.75) is 20.5 Å². The van der Waals surface area contributed by atoms with Crippen LogP contribution in [0.25, 0.3) is 22.1 Å². The molecule has 0 saturated heterocycles. The summed E-state index contributed by atoms with van der Waals surface area (Å²) in [6.45, 7) is 4.56. The van der Waals surface area contributed by atoms with Crippen LogP contribution in [0.3, 0.4) is 0 Å². The minimum atomic E-state index is -0.0567. The minimum Gasteiger partial charge on any atom is -0.493 e. The van der Waals surface area contributed by atoms with E-state index in [9.17, 15) is 4.79 Å². The van der Waals surface area contributed by atoms with Gasteiger partial charge in [0.2, 0.25) is 0 Å². The molecule has 0 aliphatic carbocycles. The highest BCUT2D eigenvalue weighted by Crippen LogP contribution is 2.29. The monoisotopic (exact) mass is 568 g/mol. The Morgan fingerprint density at radius 2 is 1.79 bits per heavy atom. The van der Waals surface area contributed by atoms with Gasteiger partial charge in [-0.05, 0) is 101 Å². The largest absolute Gasteiger partial charge is 0.493 e. The molecule has 7 heteroatoms. The van der Waals surface area contributed by atoms with Gasteiger partial charge in [0, 0.05) is 3.57 Å². The first-order valence-corrected chi connectivity index (χ1v) is 12.3. The van der Waals surface area contributed by atoms with Crippen LogP contribution in [0.1, 0.15) is 22.3 Å². The molecule has 0 atom stereocenters. The number of benzene rings is 3. The van der Waals surface area contributed by atoms with Crippen LogP contribution < -0.4 is 19.6 Å². The van der Waals surface area contributed by atoms with Gasteiger partial charge in [-0.3, -0.25) is 4.79 Å². The van der Waals surface area contributed by atoms with Gasteiger partial charge >= 0.3 is 0 Å². The van der Waals surface area contributed by atoms with Crippen molar-refractivity contribution >= 4 is 56.0 Å². The number of hydrogen-bond acceptors (Lipinski definition) is 5. The van der Waals surface area contributed by atoms with Crippen molar-refractivity contribution in [3.8, 4) is 11.5 Å². The minimum absolute atomic E-state index is 0.0567. The maximum atomic E-state index is 13.2. The zero-order valence-electron chi connectivity index (χ0n) is 18.4. The summed E-state index contributed by atoms with van der Waals surface area (Å²) in [4.78, 5) is 18.5. The van der Waals surface area contributed by atoms with E-state index in [4.69, 9.17) is 9.47 Å². The first-order chi connectivity index (χ1) is 15.9. The first-order valence-electron chi connectivity index (χ1n) is 10.4. The molecule has 5 rings (SSSR count). The Kier molecular flexibility index (Phi) is 5.84.